The van der Waals surface area contributed by atoms with Crippen LogP contribution in [0.5, 0.6) is 0 Å². The predicted molar refractivity (Wildman–Crippen MR) is 82.1 cm³/mol. The highest BCUT2D eigenvalue weighted by molar-refractivity contribution is 5.94. The Morgan fingerprint density at radius 1 is 1.21 bits per heavy atom. The Morgan fingerprint density at radius 2 is 2.00 bits per heavy atom. The van der Waals surface area contributed by atoms with Crippen LogP contribution in [0.4, 0.5) is 18.9 Å². The van der Waals surface area contributed by atoms with Gasteiger partial charge in [0.15, 0.2) is 17.5 Å². The summed E-state index contributed by atoms with van der Waals surface area (Å²) < 4.78 is 50.8. The van der Waals surface area contributed by atoms with Gasteiger partial charge >= 0.3 is 0 Å². The SMILES string of the molecule is COCCOCCCNc1c(C#N)cnc2c(F)c(F)c(F)cc12. The number of anilines is 1. The van der Waals surface area contributed by atoms with E-state index in [2.05, 4.69) is 10.3 Å². The van der Waals surface area contributed by atoms with Crippen molar-refractivity contribution in [2.24, 2.45) is 0 Å². The van der Waals surface area contributed by atoms with Crippen molar-refractivity contribution < 1.29 is 22.6 Å². The van der Waals surface area contributed by atoms with Crippen LogP contribution in [0.3, 0.4) is 0 Å². The second kappa shape index (κ2) is 8.47. The standard InChI is InChI=1S/C16H16F3N3O2/c1-23-5-6-24-4-2-3-21-15-10(8-20)9-22-16-11(15)7-12(17)13(18)14(16)19/h7,9H,2-6H2,1H3,(H,21,22). The maximum absolute atomic E-state index is 13.8. The van der Waals surface area contributed by atoms with E-state index in [0.717, 1.165) is 12.3 Å². The van der Waals surface area contributed by atoms with E-state index in [1.165, 1.54) is 0 Å². The molecule has 8 heteroatoms. The molecule has 128 valence electrons. The summed E-state index contributed by atoms with van der Waals surface area (Å²) in [6.45, 7) is 1.82. The molecule has 1 aromatic carbocycles. The molecule has 0 bridgehead atoms. The van der Waals surface area contributed by atoms with Crippen molar-refractivity contribution in [2.45, 2.75) is 6.42 Å². The quantitative estimate of drug-likeness (QED) is 0.591. The smallest absolute Gasteiger partial charge is 0.196 e. The lowest BCUT2D eigenvalue weighted by Gasteiger charge is -2.12. The van der Waals surface area contributed by atoms with Crippen molar-refractivity contribution in [1.82, 2.24) is 4.98 Å². The lowest BCUT2D eigenvalue weighted by atomic mass is 10.1. The molecule has 1 heterocycles. The number of fused-ring (bicyclic) bond motifs is 1. The number of hydrogen-bond acceptors (Lipinski definition) is 5. The number of aromatic nitrogens is 1. The molecular formula is C16H16F3N3O2. The fourth-order valence-corrected chi connectivity index (χ4v) is 2.15. The molecule has 1 N–H and O–H groups in total. The summed E-state index contributed by atoms with van der Waals surface area (Å²) >= 11 is 0. The van der Waals surface area contributed by atoms with Gasteiger partial charge in [0.25, 0.3) is 0 Å². The molecule has 0 aliphatic carbocycles. The van der Waals surface area contributed by atoms with Crippen molar-refractivity contribution in [3.05, 3.63) is 35.3 Å². The zero-order chi connectivity index (χ0) is 17.5. The minimum Gasteiger partial charge on any atom is -0.383 e. The molecule has 0 fully saturated rings. The topological polar surface area (TPSA) is 67.2 Å². The first-order chi connectivity index (χ1) is 11.6. The first-order valence-corrected chi connectivity index (χ1v) is 7.27. The monoisotopic (exact) mass is 339 g/mol. The van der Waals surface area contributed by atoms with Gasteiger partial charge in [0.2, 0.25) is 0 Å². The van der Waals surface area contributed by atoms with E-state index in [9.17, 15) is 13.2 Å². The average Bonchev–Trinajstić information content (AvgIpc) is 2.59. The maximum atomic E-state index is 13.8. The molecule has 0 unspecified atom stereocenters. The number of rotatable bonds is 8. The largest absolute Gasteiger partial charge is 0.383 e. The zero-order valence-corrected chi connectivity index (χ0v) is 13.0. The molecule has 5 nitrogen and oxygen atoms in total. The number of ether oxygens (including phenoxy) is 2. The molecule has 0 aliphatic heterocycles. The molecule has 0 saturated carbocycles. The third-order valence-corrected chi connectivity index (χ3v) is 3.32. The number of nitriles is 1. The molecule has 24 heavy (non-hydrogen) atoms. The van der Waals surface area contributed by atoms with Gasteiger partial charge in [0, 0.05) is 31.8 Å². The van der Waals surface area contributed by atoms with Crippen molar-refractivity contribution in [3.63, 3.8) is 0 Å². The third kappa shape index (κ3) is 3.93. The predicted octanol–water partition coefficient (Wildman–Crippen LogP) is 2.99. The Hall–Kier alpha value is -2.37. The summed E-state index contributed by atoms with van der Waals surface area (Å²) in [4.78, 5) is 3.71. The normalized spacial score (nSPS) is 10.8. The fraction of sp³-hybridized carbons (Fsp3) is 0.375. The lowest BCUT2D eigenvalue weighted by Crippen LogP contribution is -2.10. The number of nitrogens with one attached hydrogen (secondary N) is 1. The average molecular weight is 339 g/mol. The van der Waals surface area contributed by atoms with Crippen LogP contribution in [0.1, 0.15) is 12.0 Å². The second-order valence-electron chi connectivity index (χ2n) is 4.93. The van der Waals surface area contributed by atoms with Crippen LogP contribution in [-0.4, -0.2) is 38.5 Å². The highest BCUT2D eigenvalue weighted by atomic mass is 19.2. The van der Waals surface area contributed by atoms with Gasteiger partial charge in [-0.2, -0.15) is 5.26 Å². The Labute approximate surface area is 137 Å². The van der Waals surface area contributed by atoms with Crippen LogP contribution < -0.4 is 5.32 Å². The number of benzene rings is 1. The highest BCUT2D eigenvalue weighted by Crippen LogP contribution is 2.29. The minimum absolute atomic E-state index is 0.0192. The summed E-state index contributed by atoms with van der Waals surface area (Å²) in [5.41, 5.74) is 0.0112. The van der Waals surface area contributed by atoms with Gasteiger partial charge in [-0.25, -0.2) is 13.2 Å². The van der Waals surface area contributed by atoms with E-state index < -0.39 is 17.5 Å². The molecule has 0 saturated heterocycles. The Kier molecular flexibility index (Phi) is 6.35. The van der Waals surface area contributed by atoms with Crippen molar-refractivity contribution in [2.75, 3.05) is 38.8 Å². The molecule has 1 aromatic heterocycles. The van der Waals surface area contributed by atoms with E-state index in [0.29, 0.717) is 32.8 Å². The van der Waals surface area contributed by atoms with Gasteiger partial charge in [0.05, 0.1) is 24.5 Å². The highest BCUT2D eigenvalue weighted by Gasteiger charge is 2.18. The summed E-state index contributed by atoms with van der Waals surface area (Å²) in [7, 11) is 1.57. The number of pyridine rings is 1. The van der Waals surface area contributed by atoms with E-state index >= 15 is 0 Å². The maximum Gasteiger partial charge on any atom is 0.196 e. The van der Waals surface area contributed by atoms with Crippen LogP contribution in [-0.2, 0) is 9.47 Å². The lowest BCUT2D eigenvalue weighted by molar-refractivity contribution is 0.0705. The number of hydrogen-bond donors (Lipinski definition) is 1. The van der Waals surface area contributed by atoms with Crippen molar-refractivity contribution in [3.8, 4) is 6.07 Å². The molecule has 2 aromatic rings. The number of methoxy groups -OCH3 is 1. The Morgan fingerprint density at radius 3 is 2.71 bits per heavy atom. The summed E-state index contributed by atoms with van der Waals surface area (Å²) in [6, 6.07) is 2.73. The van der Waals surface area contributed by atoms with Crippen LogP contribution in [0.15, 0.2) is 12.3 Å². The first-order valence-electron chi connectivity index (χ1n) is 7.27. The van der Waals surface area contributed by atoms with Gasteiger partial charge in [-0.1, -0.05) is 0 Å². The van der Waals surface area contributed by atoms with Gasteiger partial charge < -0.3 is 14.8 Å². The van der Waals surface area contributed by atoms with Crippen LogP contribution >= 0.6 is 0 Å². The molecule has 0 aliphatic rings. The summed E-state index contributed by atoms with van der Waals surface area (Å²) in [5, 5.41) is 12.1. The van der Waals surface area contributed by atoms with Crippen LogP contribution in [0, 0.1) is 28.8 Å². The molecule has 0 amide bonds. The zero-order valence-electron chi connectivity index (χ0n) is 13.0. The van der Waals surface area contributed by atoms with Crippen LogP contribution in [0.2, 0.25) is 0 Å². The Balaban J connectivity index is 2.17. The van der Waals surface area contributed by atoms with Gasteiger partial charge in [-0.15, -0.1) is 0 Å². The first kappa shape index (κ1) is 18.0. The Bertz CT molecular complexity index is 763. The minimum atomic E-state index is -1.59. The molecule has 0 radical (unpaired) electrons. The molecule has 2 rings (SSSR count). The molecule has 0 atom stereocenters. The number of nitrogens with zero attached hydrogens (tertiary/aromatic N) is 2. The van der Waals surface area contributed by atoms with Crippen LogP contribution in [0.25, 0.3) is 10.9 Å². The van der Waals surface area contributed by atoms with E-state index in [4.69, 9.17) is 14.7 Å². The fourth-order valence-electron chi connectivity index (χ4n) is 2.15. The summed E-state index contributed by atoms with van der Waals surface area (Å²) in [6.07, 6.45) is 1.73. The van der Waals surface area contributed by atoms with Gasteiger partial charge in [-0.3, -0.25) is 4.98 Å². The summed E-state index contributed by atoms with van der Waals surface area (Å²) in [5.74, 6) is -4.29. The third-order valence-electron chi connectivity index (χ3n) is 3.32. The van der Waals surface area contributed by atoms with Gasteiger partial charge in [-0.05, 0) is 12.5 Å². The van der Waals surface area contributed by atoms with Crippen molar-refractivity contribution >= 4 is 16.6 Å². The van der Waals surface area contributed by atoms with Gasteiger partial charge in [0.1, 0.15) is 11.6 Å². The molecular weight excluding hydrogens is 323 g/mol. The van der Waals surface area contributed by atoms with E-state index in [1.807, 2.05) is 6.07 Å². The van der Waals surface area contributed by atoms with E-state index in [1.54, 1.807) is 7.11 Å². The van der Waals surface area contributed by atoms with E-state index in [-0.39, 0.29) is 22.2 Å². The second-order valence-corrected chi connectivity index (χ2v) is 4.93. The molecule has 0 spiro atoms. The van der Waals surface area contributed by atoms with Crippen molar-refractivity contribution in [1.29, 1.82) is 5.26 Å². The number of halogens is 3.